The van der Waals surface area contributed by atoms with Gasteiger partial charge in [0.05, 0.1) is 6.54 Å². The van der Waals surface area contributed by atoms with E-state index in [1.807, 2.05) is 66.1 Å². The number of rotatable bonds is 6. The standard InChI is InChI=1S/C20H19N5O2S/c1-14-7-9-16(10-8-14)25-18(15-5-3-2-4-6-15)22-23-20(25)28-12-11-24-17(26)13-21-19(24)27/h2-10H,11-13H2,1H3,(H,21,27). The Labute approximate surface area is 166 Å². The van der Waals surface area contributed by atoms with E-state index in [-0.39, 0.29) is 18.5 Å². The number of imide groups is 1. The molecule has 3 amide bonds. The average Bonchev–Trinajstić information content (AvgIpc) is 3.27. The predicted molar refractivity (Wildman–Crippen MR) is 107 cm³/mol. The van der Waals surface area contributed by atoms with E-state index in [4.69, 9.17) is 0 Å². The van der Waals surface area contributed by atoms with Crippen LogP contribution in [0.1, 0.15) is 5.56 Å². The summed E-state index contributed by atoms with van der Waals surface area (Å²) in [4.78, 5) is 24.7. The smallest absolute Gasteiger partial charge is 0.324 e. The Morgan fingerprint density at radius 2 is 1.79 bits per heavy atom. The van der Waals surface area contributed by atoms with Crippen LogP contribution in [0.25, 0.3) is 17.1 Å². The summed E-state index contributed by atoms with van der Waals surface area (Å²) >= 11 is 1.47. The first kappa shape index (κ1) is 18.2. The summed E-state index contributed by atoms with van der Waals surface area (Å²) in [5.41, 5.74) is 3.11. The highest BCUT2D eigenvalue weighted by molar-refractivity contribution is 7.99. The minimum Gasteiger partial charge on any atom is -0.329 e. The molecule has 2 heterocycles. The topological polar surface area (TPSA) is 80.1 Å². The van der Waals surface area contributed by atoms with Crippen molar-refractivity contribution in [3.05, 3.63) is 60.2 Å². The normalized spacial score (nSPS) is 13.8. The highest BCUT2D eigenvalue weighted by Gasteiger charge is 2.28. The molecule has 1 aliphatic heterocycles. The van der Waals surface area contributed by atoms with Gasteiger partial charge in [0.15, 0.2) is 11.0 Å². The number of carbonyl (C=O) groups excluding carboxylic acids is 2. The van der Waals surface area contributed by atoms with Crippen molar-refractivity contribution in [2.45, 2.75) is 12.1 Å². The minimum atomic E-state index is -0.337. The van der Waals surface area contributed by atoms with Gasteiger partial charge in [0, 0.05) is 23.5 Å². The molecule has 142 valence electrons. The number of thioether (sulfide) groups is 1. The zero-order valence-electron chi connectivity index (χ0n) is 15.3. The molecular formula is C20H19N5O2S. The Bertz CT molecular complexity index is 985. The van der Waals surface area contributed by atoms with Crippen LogP contribution >= 0.6 is 11.8 Å². The fraction of sp³-hybridized carbons (Fsp3) is 0.200. The van der Waals surface area contributed by atoms with Gasteiger partial charge in [-0.25, -0.2) is 4.79 Å². The number of nitrogens with one attached hydrogen (secondary N) is 1. The van der Waals surface area contributed by atoms with Crippen LogP contribution in [0.3, 0.4) is 0 Å². The molecule has 4 rings (SSSR count). The molecule has 0 saturated carbocycles. The maximum Gasteiger partial charge on any atom is 0.324 e. The number of hydrogen-bond donors (Lipinski definition) is 1. The van der Waals surface area contributed by atoms with E-state index < -0.39 is 0 Å². The Kier molecular flexibility index (Phi) is 5.12. The van der Waals surface area contributed by atoms with Crippen molar-refractivity contribution in [2.24, 2.45) is 0 Å². The van der Waals surface area contributed by atoms with Gasteiger partial charge in [-0.1, -0.05) is 59.8 Å². The number of nitrogens with zero attached hydrogens (tertiary/aromatic N) is 4. The van der Waals surface area contributed by atoms with E-state index >= 15 is 0 Å². The highest BCUT2D eigenvalue weighted by atomic mass is 32.2. The average molecular weight is 393 g/mol. The fourth-order valence-corrected chi connectivity index (χ4v) is 3.85. The number of aromatic nitrogens is 3. The quantitative estimate of drug-likeness (QED) is 0.515. The molecular weight excluding hydrogens is 374 g/mol. The maximum atomic E-state index is 11.7. The third kappa shape index (κ3) is 3.63. The summed E-state index contributed by atoms with van der Waals surface area (Å²) in [6, 6.07) is 17.7. The molecule has 8 heteroatoms. The van der Waals surface area contributed by atoms with Crippen molar-refractivity contribution in [3.8, 4) is 17.1 Å². The summed E-state index contributed by atoms with van der Waals surface area (Å²) in [6.45, 7) is 2.44. The first-order valence-corrected chi connectivity index (χ1v) is 9.91. The SMILES string of the molecule is Cc1ccc(-n2c(SCCN3C(=O)CNC3=O)nnc2-c2ccccc2)cc1. The van der Waals surface area contributed by atoms with Crippen LogP contribution in [0.4, 0.5) is 4.79 Å². The molecule has 0 spiro atoms. The second-order valence-electron chi connectivity index (χ2n) is 6.40. The molecule has 0 radical (unpaired) electrons. The maximum absolute atomic E-state index is 11.7. The van der Waals surface area contributed by atoms with Crippen LogP contribution in [-0.2, 0) is 4.79 Å². The van der Waals surface area contributed by atoms with Gasteiger partial charge in [-0.05, 0) is 19.1 Å². The summed E-state index contributed by atoms with van der Waals surface area (Å²) in [5, 5.41) is 12.0. The van der Waals surface area contributed by atoms with E-state index in [2.05, 4.69) is 15.5 Å². The van der Waals surface area contributed by atoms with Crippen LogP contribution < -0.4 is 5.32 Å². The fourth-order valence-electron chi connectivity index (χ4n) is 2.97. The molecule has 2 aromatic carbocycles. The van der Waals surface area contributed by atoms with Gasteiger partial charge < -0.3 is 5.32 Å². The molecule has 1 aromatic heterocycles. The molecule has 0 bridgehead atoms. The van der Waals surface area contributed by atoms with Gasteiger partial charge in [-0.3, -0.25) is 14.3 Å². The third-order valence-corrected chi connectivity index (χ3v) is 5.35. The van der Waals surface area contributed by atoms with E-state index in [0.717, 1.165) is 22.2 Å². The van der Waals surface area contributed by atoms with E-state index in [9.17, 15) is 9.59 Å². The second kappa shape index (κ2) is 7.85. The number of hydrogen-bond acceptors (Lipinski definition) is 5. The number of benzene rings is 2. The van der Waals surface area contributed by atoms with Gasteiger partial charge in [0.1, 0.15) is 0 Å². The molecule has 1 fully saturated rings. The molecule has 7 nitrogen and oxygen atoms in total. The molecule has 0 atom stereocenters. The van der Waals surface area contributed by atoms with Gasteiger partial charge >= 0.3 is 6.03 Å². The minimum absolute atomic E-state index is 0.0706. The van der Waals surface area contributed by atoms with Crippen LogP contribution in [-0.4, -0.2) is 50.4 Å². The van der Waals surface area contributed by atoms with Crippen molar-refractivity contribution in [3.63, 3.8) is 0 Å². The molecule has 1 N–H and O–H groups in total. The summed E-state index contributed by atoms with van der Waals surface area (Å²) in [7, 11) is 0. The Balaban J connectivity index is 1.62. The van der Waals surface area contributed by atoms with Crippen molar-refractivity contribution < 1.29 is 9.59 Å². The van der Waals surface area contributed by atoms with Crippen LogP contribution in [0.2, 0.25) is 0 Å². The number of urea groups is 1. The lowest BCUT2D eigenvalue weighted by Crippen LogP contribution is -2.32. The summed E-state index contributed by atoms with van der Waals surface area (Å²) < 4.78 is 2.01. The number of carbonyl (C=O) groups is 2. The van der Waals surface area contributed by atoms with Crippen LogP contribution in [0.5, 0.6) is 0 Å². The molecule has 1 saturated heterocycles. The Morgan fingerprint density at radius 3 is 2.46 bits per heavy atom. The first-order chi connectivity index (χ1) is 13.6. The number of aryl methyl sites for hydroxylation is 1. The number of amides is 3. The Hall–Kier alpha value is -3.13. The monoisotopic (exact) mass is 393 g/mol. The van der Waals surface area contributed by atoms with Gasteiger partial charge in [-0.2, -0.15) is 0 Å². The highest BCUT2D eigenvalue weighted by Crippen LogP contribution is 2.28. The summed E-state index contributed by atoms with van der Waals surface area (Å²) in [6.07, 6.45) is 0. The van der Waals surface area contributed by atoms with Gasteiger partial charge in [-0.15, -0.1) is 10.2 Å². The van der Waals surface area contributed by atoms with Crippen molar-refractivity contribution in [1.29, 1.82) is 0 Å². The van der Waals surface area contributed by atoms with E-state index in [0.29, 0.717) is 12.3 Å². The lowest BCUT2D eigenvalue weighted by Gasteiger charge is -2.13. The van der Waals surface area contributed by atoms with Crippen molar-refractivity contribution in [2.75, 3.05) is 18.8 Å². The van der Waals surface area contributed by atoms with Crippen molar-refractivity contribution in [1.82, 2.24) is 25.0 Å². The van der Waals surface area contributed by atoms with E-state index in [1.165, 1.54) is 22.2 Å². The largest absolute Gasteiger partial charge is 0.329 e. The first-order valence-electron chi connectivity index (χ1n) is 8.92. The molecule has 0 aliphatic carbocycles. The molecule has 0 unspecified atom stereocenters. The lowest BCUT2D eigenvalue weighted by atomic mass is 10.2. The zero-order valence-corrected chi connectivity index (χ0v) is 16.1. The van der Waals surface area contributed by atoms with Crippen LogP contribution in [0.15, 0.2) is 59.8 Å². The summed E-state index contributed by atoms with van der Waals surface area (Å²) in [5.74, 6) is 1.09. The van der Waals surface area contributed by atoms with Crippen LogP contribution in [0, 0.1) is 6.92 Å². The second-order valence-corrected chi connectivity index (χ2v) is 7.46. The third-order valence-electron chi connectivity index (χ3n) is 4.44. The lowest BCUT2D eigenvalue weighted by molar-refractivity contribution is -0.124. The molecule has 1 aliphatic rings. The van der Waals surface area contributed by atoms with Gasteiger partial charge in [0.25, 0.3) is 0 Å². The molecule has 3 aromatic rings. The molecule has 28 heavy (non-hydrogen) atoms. The Morgan fingerprint density at radius 1 is 1.04 bits per heavy atom. The van der Waals surface area contributed by atoms with E-state index in [1.54, 1.807) is 0 Å². The van der Waals surface area contributed by atoms with Crippen molar-refractivity contribution >= 4 is 23.7 Å². The van der Waals surface area contributed by atoms with Gasteiger partial charge in [0.2, 0.25) is 5.91 Å². The predicted octanol–water partition coefficient (Wildman–Crippen LogP) is 2.89. The zero-order chi connectivity index (χ0) is 19.5.